The molecule has 4 heterocycles. The van der Waals surface area contributed by atoms with Gasteiger partial charge in [0, 0.05) is 85.2 Å². The van der Waals surface area contributed by atoms with E-state index in [0.717, 1.165) is 66.9 Å². The number of rotatable bonds is 14. The summed E-state index contributed by atoms with van der Waals surface area (Å²) in [6.45, 7) is 1.07. The summed E-state index contributed by atoms with van der Waals surface area (Å²) < 4.78 is 134. The van der Waals surface area contributed by atoms with Gasteiger partial charge >= 0.3 is 5.97 Å². The number of hydrogen-bond acceptors (Lipinski definition) is 8. The molecule has 7 aliphatic rings. The number of anilines is 1. The van der Waals surface area contributed by atoms with Gasteiger partial charge in [0.15, 0.2) is 11.6 Å². The number of halogens is 1. The van der Waals surface area contributed by atoms with E-state index in [1.165, 1.54) is 0 Å². The monoisotopic (exact) mass is 906 g/mol. The summed E-state index contributed by atoms with van der Waals surface area (Å²) in [5.41, 5.74) is -1.26. The van der Waals surface area contributed by atoms with E-state index in [-0.39, 0.29) is 54.4 Å². The number of nitrogens with one attached hydrogen (secondary N) is 2. The van der Waals surface area contributed by atoms with Gasteiger partial charge in [0.25, 0.3) is 11.8 Å². The second-order valence-corrected chi connectivity index (χ2v) is 20.1. The molecule has 2 aromatic heterocycles. The Balaban J connectivity index is 0.868. The fourth-order valence-corrected chi connectivity index (χ4v) is 12.5. The van der Waals surface area contributed by atoms with Crippen LogP contribution in [0.2, 0.25) is 5.02 Å². The van der Waals surface area contributed by atoms with Gasteiger partial charge in [-0.15, -0.1) is 0 Å². The van der Waals surface area contributed by atoms with Gasteiger partial charge in [-0.3, -0.25) is 24.2 Å². The number of fused-ring (bicyclic) bond motifs is 6. The largest absolute Gasteiger partial charge is 0.481 e. The molecule has 14 heteroatoms. The van der Waals surface area contributed by atoms with Gasteiger partial charge in [-0.1, -0.05) is 48.4 Å². The molecule has 3 aromatic rings. The predicted molar refractivity (Wildman–Crippen MR) is 246 cm³/mol. The first-order chi connectivity index (χ1) is 36.8. The number of benzene rings is 1. The van der Waals surface area contributed by atoms with E-state index >= 15 is 0 Å². The van der Waals surface area contributed by atoms with Crippen LogP contribution in [0.25, 0.3) is 5.57 Å². The zero-order chi connectivity index (χ0) is 57.3. The maximum atomic E-state index is 14.4. The maximum absolute atomic E-state index is 14.4. The average molecular weight is 907 g/mol. The highest BCUT2D eigenvalue weighted by Gasteiger charge is 2.58. The van der Waals surface area contributed by atoms with Crippen LogP contribution in [0.3, 0.4) is 0 Å². The normalized spacial score (nSPS) is 34.0. The lowest BCUT2D eigenvalue weighted by Crippen LogP contribution is -2.37. The zero-order valence-corrected chi connectivity index (χ0v) is 36.5. The van der Waals surface area contributed by atoms with Crippen molar-refractivity contribution < 1.29 is 44.8 Å². The standard InChI is InChI=1S/C50H63ClN8O5/c1-32-33(7-5-9-35(32)54-44(60)42-52-37-27-58(23-11-39(37)56(42)2)25-21-47-13-15-49(29-47,16-14-47)31-64-4)34-8-6-10-36(41(34)51)55-45(61)43-53-38-28-59(24-12-40(38)57(43)3)26-22-48-17-19-50(30-48,20-18-48)46(62)63/h5-10,35H,1,11-31H2,2-4H3,(H,54,60)(H,55,61)(H,62,63)/i2D3,3D3,4D3,5D,6D,7D,8D,9D,10D. The molecule has 1 atom stereocenters. The summed E-state index contributed by atoms with van der Waals surface area (Å²) >= 11 is 6.97. The van der Waals surface area contributed by atoms with Crippen molar-refractivity contribution >= 4 is 40.6 Å². The molecular formula is C50H63ClN8O5. The molecule has 64 heavy (non-hydrogen) atoms. The molecule has 340 valence electrons. The summed E-state index contributed by atoms with van der Waals surface area (Å²) in [6.07, 6.45) is 10.1. The molecule has 0 saturated heterocycles. The number of nitrogens with zero attached hydrogens (tertiary/aromatic N) is 6. The summed E-state index contributed by atoms with van der Waals surface area (Å²) in [5.74, 6) is -3.98. The third kappa shape index (κ3) is 7.57. The number of carbonyl (C=O) groups is 3. The minimum atomic E-state index is -2.90. The number of hydrogen-bond donors (Lipinski definition) is 3. The van der Waals surface area contributed by atoms with Gasteiger partial charge in [0.05, 0.1) is 52.5 Å². The van der Waals surface area contributed by atoms with Crippen molar-refractivity contribution in [3.8, 4) is 0 Å². The first kappa shape index (κ1) is 29.2. The Morgan fingerprint density at radius 2 is 1.50 bits per heavy atom. The van der Waals surface area contributed by atoms with Gasteiger partial charge in [-0.2, -0.15) is 0 Å². The number of carboxylic acids is 1. The Morgan fingerprint density at radius 3 is 2.11 bits per heavy atom. The van der Waals surface area contributed by atoms with Crippen LogP contribution in [0.1, 0.15) is 147 Å². The van der Waals surface area contributed by atoms with Crippen molar-refractivity contribution in [2.75, 3.05) is 45.1 Å². The Morgan fingerprint density at radius 1 is 0.891 bits per heavy atom. The molecule has 4 bridgehead atoms. The van der Waals surface area contributed by atoms with Crippen LogP contribution < -0.4 is 10.6 Å². The molecule has 0 spiro atoms. The molecule has 4 saturated carbocycles. The first-order valence-electron chi connectivity index (χ1n) is 29.8. The number of allylic oxidation sites excluding steroid dienone is 2. The molecule has 10 rings (SSSR count). The number of aliphatic carboxylic acids is 1. The van der Waals surface area contributed by atoms with Crippen LogP contribution in [0.15, 0.2) is 48.4 Å². The van der Waals surface area contributed by atoms with Gasteiger partial charge in [-0.05, 0) is 124 Å². The van der Waals surface area contributed by atoms with E-state index in [9.17, 15) is 19.5 Å². The van der Waals surface area contributed by atoms with E-state index < -0.39 is 120 Å². The summed E-state index contributed by atoms with van der Waals surface area (Å²) in [5, 5.41) is 14.4. The van der Waals surface area contributed by atoms with Crippen molar-refractivity contribution in [3.05, 3.63) is 93.4 Å². The Bertz CT molecular complexity index is 3130. The predicted octanol–water partition coefficient (Wildman–Crippen LogP) is 7.50. The second-order valence-electron chi connectivity index (χ2n) is 19.7. The molecule has 0 radical (unpaired) electrons. The van der Waals surface area contributed by atoms with Crippen LogP contribution >= 0.6 is 11.6 Å². The minimum Gasteiger partial charge on any atom is -0.481 e. The summed E-state index contributed by atoms with van der Waals surface area (Å²) in [7, 11) is -2.46. The molecule has 13 nitrogen and oxygen atoms in total. The number of imidazole rings is 2. The van der Waals surface area contributed by atoms with Crippen molar-refractivity contribution in [2.24, 2.45) is 35.6 Å². The molecule has 2 aliphatic heterocycles. The van der Waals surface area contributed by atoms with Gasteiger partial charge in [0.2, 0.25) is 0 Å². The van der Waals surface area contributed by atoms with Crippen LogP contribution in [-0.2, 0) is 49.4 Å². The SMILES string of the molecule is [2H]C1=C(c2c([2H])c([2H])c([2H])c(NC(=O)c3nc4c(n3C([2H])([2H])[2H])CCN(CCC35CCC(C(=O)O)(CC3)C5)C4)c2Cl)C(=C)C(NC(=O)c2nc3c(n2C([2H])([2H])[2H])CCN(CCC24CCC(COC([2H])([2H])[2H])(CC2)C4)C3)C([2H])=C1[2H]. The highest BCUT2D eigenvalue weighted by atomic mass is 35.5. The average Bonchev–Trinajstić information content (AvgIpc) is 4.48. The maximum Gasteiger partial charge on any atom is 0.309 e. The Labute approximate surface area is 402 Å². The van der Waals surface area contributed by atoms with Crippen molar-refractivity contribution in [2.45, 2.75) is 109 Å². The van der Waals surface area contributed by atoms with Crippen molar-refractivity contribution in [1.29, 1.82) is 0 Å². The summed E-state index contributed by atoms with van der Waals surface area (Å²) in [4.78, 5) is 54.1. The molecule has 1 unspecified atom stereocenters. The Hall–Kier alpha value is -4.56. The number of methoxy groups -OCH3 is 1. The fraction of sp³-hybridized carbons (Fsp3) is 0.580. The lowest BCUT2D eigenvalue weighted by molar-refractivity contribution is -0.148. The molecule has 5 aliphatic carbocycles. The lowest BCUT2D eigenvalue weighted by atomic mass is 9.80. The van der Waals surface area contributed by atoms with Crippen LogP contribution in [0, 0.1) is 21.7 Å². The van der Waals surface area contributed by atoms with Gasteiger partial charge in [-0.25, -0.2) is 9.97 Å². The molecule has 4 fully saturated rings. The zero-order valence-electron chi connectivity index (χ0n) is 50.8. The van der Waals surface area contributed by atoms with Crippen LogP contribution in [0.4, 0.5) is 5.69 Å². The molecule has 1 aromatic carbocycles. The third-order valence-electron chi connectivity index (χ3n) is 16.1. The van der Waals surface area contributed by atoms with Gasteiger partial charge in [0.1, 0.15) is 0 Å². The smallest absolute Gasteiger partial charge is 0.309 e. The third-order valence-corrected chi connectivity index (χ3v) is 16.5. The molecular weight excluding hydrogens is 828 g/mol. The van der Waals surface area contributed by atoms with E-state index in [1.807, 2.05) is 0 Å². The highest BCUT2D eigenvalue weighted by Crippen LogP contribution is 2.64. The number of carboxylic acid groups (broad SMARTS) is 1. The number of amides is 2. The fourth-order valence-electron chi connectivity index (χ4n) is 12.3. The Kier molecular flexibility index (Phi) is 7.47. The molecule has 3 N–H and O–H groups in total. The van der Waals surface area contributed by atoms with E-state index in [1.54, 1.807) is 0 Å². The van der Waals surface area contributed by atoms with Crippen LogP contribution in [-0.4, -0.2) is 97.7 Å². The highest BCUT2D eigenvalue weighted by molar-refractivity contribution is 6.36. The first-order valence-corrected chi connectivity index (χ1v) is 22.7. The van der Waals surface area contributed by atoms with Crippen molar-refractivity contribution in [1.82, 2.24) is 34.2 Å². The van der Waals surface area contributed by atoms with Crippen molar-refractivity contribution in [3.63, 3.8) is 0 Å². The van der Waals surface area contributed by atoms with Gasteiger partial charge < -0.3 is 29.6 Å². The number of aromatic nitrogens is 4. The number of ether oxygens (including phenoxy) is 1. The lowest BCUT2D eigenvalue weighted by Gasteiger charge is -2.32. The number of carbonyl (C=O) groups excluding carboxylic acids is 2. The van der Waals surface area contributed by atoms with E-state index in [0.29, 0.717) is 68.2 Å². The van der Waals surface area contributed by atoms with E-state index in [2.05, 4.69) is 37.0 Å². The molecule has 2 amide bonds. The summed E-state index contributed by atoms with van der Waals surface area (Å²) in [6, 6.07) is -6.01. The second kappa shape index (κ2) is 16.4. The minimum absolute atomic E-state index is 0.0315. The quantitative estimate of drug-likeness (QED) is 0.150. The van der Waals surface area contributed by atoms with Crippen LogP contribution in [0.5, 0.6) is 0 Å². The van der Waals surface area contributed by atoms with E-state index in [4.69, 9.17) is 36.9 Å². The topological polar surface area (TPSA) is 147 Å².